The van der Waals surface area contributed by atoms with Crippen molar-refractivity contribution in [2.45, 2.75) is 12.3 Å². The molecule has 1 aromatic carbocycles. The minimum Gasteiger partial charge on any atom is -0.396 e. The minimum atomic E-state index is 0.303. The average molecular weight is 134 g/mol. The highest BCUT2D eigenvalue weighted by molar-refractivity contribution is 5.39. The molecule has 0 unspecified atom stereocenters. The normalized spacial score (nSPS) is 21.5. The van der Waals surface area contributed by atoms with Crippen molar-refractivity contribution in [3.05, 3.63) is 35.4 Å². The average Bonchev–Trinajstić information content (AvgIpc) is 1.92. The second-order valence-corrected chi connectivity index (χ2v) is 2.78. The van der Waals surface area contributed by atoms with E-state index in [2.05, 4.69) is 12.1 Å². The fraction of sp³-hybridized carbons (Fsp3) is 0.333. The zero-order chi connectivity index (χ0) is 6.97. The number of rotatable bonds is 1. The Bertz CT molecular complexity index is 242. The van der Waals surface area contributed by atoms with Gasteiger partial charge in [0, 0.05) is 5.92 Å². The topological polar surface area (TPSA) is 20.2 Å². The molecule has 1 N–H and O–H groups in total. The van der Waals surface area contributed by atoms with Gasteiger partial charge in [0.25, 0.3) is 0 Å². The second kappa shape index (κ2) is 2.10. The largest absolute Gasteiger partial charge is 0.396 e. The van der Waals surface area contributed by atoms with Gasteiger partial charge in [0.2, 0.25) is 0 Å². The number of aliphatic hydroxyl groups excluding tert-OH is 1. The fourth-order valence-electron chi connectivity index (χ4n) is 1.53. The summed E-state index contributed by atoms with van der Waals surface area (Å²) >= 11 is 0. The molecule has 1 heteroatoms. The molecule has 1 aromatic rings. The first-order valence-electron chi connectivity index (χ1n) is 3.60. The van der Waals surface area contributed by atoms with E-state index in [1.54, 1.807) is 0 Å². The van der Waals surface area contributed by atoms with Crippen molar-refractivity contribution < 1.29 is 5.11 Å². The maximum Gasteiger partial charge on any atom is 0.0503 e. The highest BCUT2D eigenvalue weighted by Gasteiger charge is 2.23. The Morgan fingerprint density at radius 2 is 2.20 bits per heavy atom. The van der Waals surface area contributed by atoms with Gasteiger partial charge in [0.1, 0.15) is 0 Å². The van der Waals surface area contributed by atoms with Gasteiger partial charge in [-0.3, -0.25) is 0 Å². The van der Waals surface area contributed by atoms with Gasteiger partial charge in [-0.15, -0.1) is 0 Å². The zero-order valence-electron chi connectivity index (χ0n) is 5.75. The summed E-state index contributed by atoms with van der Waals surface area (Å²) in [7, 11) is 0. The third-order valence-electron chi connectivity index (χ3n) is 2.18. The van der Waals surface area contributed by atoms with E-state index < -0.39 is 0 Å². The van der Waals surface area contributed by atoms with Crippen LogP contribution >= 0.6 is 0 Å². The summed E-state index contributed by atoms with van der Waals surface area (Å²) in [6, 6.07) is 8.30. The van der Waals surface area contributed by atoms with Crippen molar-refractivity contribution in [1.82, 2.24) is 0 Å². The molecule has 0 bridgehead atoms. The first-order valence-corrected chi connectivity index (χ1v) is 3.60. The molecule has 0 saturated heterocycles. The Balaban J connectivity index is 2.34. The highest BCUT2D eigenvalue weighted by atomic mass is 16.3. The van der Waals surface area contributed by atoms with Crippen LogP contribution in [0.2, 0.25) is 0 Å². The van der Waals surface area contributed by atoms with Gasteiger partial charge in [0.15, 0.2) is 0 Å². The molecule has 0 radical (unpaired) electrons. The quantitative estimate of drug-likeness (QED) is 0.614. The summed E-state index contributed by atoms with van der Waals surface area (Å²) in [5, 5.41) is 8.83. The van der Waals surface area contributed by atoms with Gasteiger partial charge in [-0.1, -0.05) is 24.3 Å². The summed E-state index contributed by atoms with van der Waals surface area (Å²) in [6.07, 6.45) is 1.06. The molecule has 1 aliphatic carbocycles. The number of benzene rings is 1. The molecule has 0 heterocycles. The van der Waals surface area contributed by atoms with Crippen LogP contribution in [-0.2, 0) is 6.42 Å². The Labute approximate surface area is 60.3 Å². The molecule has 0 spiro atoms. The van der Waals surface area contributed by atoms with E-state index in [-0.39, 0.29) is 0 Å². The van der Waals surface area contributed by atoms with Crippen molar-refractivity contribution >= 4 is 0 Å². The maximum atomic E-state index is 8.83. The Morgan fingerprint density at radius 1 is 1.40 bits per heavy atom. The molecule has 0 saturated carbocycles. The SMILES string of the molecule is OC[C@H]1Cc2ccccc21. The molecular formula is C9H10O. The van der Waals surface area contributed by atoms with E-state index >= 15 is 0 Å². The standard InChI is InChI=1S/C9H10O/c10-6-8-5-7-3-1-2-4-9(7)8/h1-4,8,10H,5-6H2/t8-/m1/s1. The van der Waals surface area contributed by atoms with Gasteiger partial charge in [-0.2, -0.15) is 0 Å². The molecule has 52 valence electrons. The lowest BCUT2D eigenvalue weighted by Crippen LogP contribution is -2.19. The summed E-state index contributed by atoms with van der Waals surface area (Å²) in [5.74, 6) is 0.427. The maximum absolute atomic E-state index is 8.83. The summed E-state index contributed by atoms with van der Waals surface area (Å²) in [5.41, 5.74) is 2.74. The predicted octanol–water partition coefficient (Wildman–Crippen LogP) is 1.32. The van der Waals surface area contributed by atoms with Gasteiger partial charge in [-0.25, -0.2) is 0 Å². The van der Waals surface area contributed by atoms with Crippen LogP contribution in [0.3, 0.4) is 0 Å². The Hall–Kier alpha value is -0.820. The zero-order valence-corrected chi connectivity index (χ0v) is 5.75. The predicted molar refractivity (Wildman–Crippen MR) is 40.0 cm³/mol. The van der Waals surface area contributed by atoms with Crippen molar-refractivity contribution in [1.29, 1.82) is 0 Å². The second-order valence-electron chi connectivity index (χ2n) is 2.78. The van der Waals surface area contributed by atoms with Gasteiger partial charge < -0.3 is 5.11 Å². The van der Waals surface area contributed by atoms with Crippen LogP contribution in [0.5, 0.6) is 0 Å². The van der Waals surface area contributed by atoms with Crippen molar-refractivity contribution in [3.8, 4) is 0 Å². The van der Waals surface area contributed by atoms with Crippen LogP contribution < -0.4 is 0 Å². The summed E-state index contributed by atoms with van der Waals surface area (Å²) in [6.45, 7) is 0.303. The first kappa shape index (κ1) is 5.93. The van der Waals surface area contributed by atoms with E-state index in [0.29, 0.717) is 12.5 Å². The van der Waals surface area contributed by atoms with Gasteiger partial charge in [-0.05, 0) is 17.5 Å². The van der Waals surface area contributed by atoms with Gasteiger partial charge in [0.05, 0.1) is 6.61 Å². The van der Waals surface area contributed by atoms with Crippen molar-refractivity contribution in [2.75, 3.05) is 6.61 Å². The Kier molecular flexibility index (Phi) is 1.24. The lowest BCUT2D eigenvalue weighted by molar-refractivity contribution is 0.253. The van der Waals surface area contributed by atoms with Crippen molar-refractivity contribution in [3.63, 3.8) is 0 Å². The molecule has 10 heavy (non-hydrogen) atoms. The lowest BCUT2D eigenvalue weighted by Gasteiger charge is -2.27. The molecule has 0 aromatic heterocycles. The summed E-state index contributed by atoms with van der Waals surface area (Å²) < 4.78 is 0. The van der Waals surface area contributed by atoms with Crippen LogP contribution in [0.1, 0.15) is 17.0 Å². The third kappa shape index (κ3) is 0.673. The van der Waals surface area contributed by atoms with E-state index in [1.807, 2.05) is 12.1 Å². The van der Waals surface area contributed by atoms with Crippen LogP contribution in [-0.4, -0.2) is 11.7 Å². The van der Waals surface area contributed by atoms with Crippen LogP contribution in [0, 0.1) is 0 Å². The number of hydrogen-bond acceptors (Lipinski definition) is 1. The van der Waals surface area contributed by atoms with Gasteiger partial charge >= 0.3 is 0 Å². The molecule has 1 nitrogen and oxygen atoms in total. The molecule has 0 amide bonds. The van der Waals surface area contributed by atoms with Crippen LogP contribution in [0.25, 0.3) is 0 Å². The fourth-order valence-corrected chi connectivity index (χ4v) is 1.53. The Morgan fingerprint density at radius 3 is 2.90 bits per heavy atom. The van der Waals surface area contributed by atoms with Crippen LogP contribution in [0.15, 0.2) is 24.3 Å². The van der Waals surface area contributed by atoms with Crippen LogP contribution in [0.4, 0.5) is 0 Å². The minimum absolute atomic E-state index is 0.303. The number of aliphatic hydroxyl groups is 1. The molecule has 0 fully saturated rings. The number of fused-ring (bicyclic) bond motifs is 1. The molecule has 2 rings (SSSR count). The van der Waals surface area contributed by atoms with E-state index in [1.165, 1.54) is 11.1 Å². The molecular weight excluding hydrogens is 124 g/mol. The molecule has 1 aliphatic rings. The van der Waals surface area contributed by atoms with Crippen molar-refractivity contribution in [2.24, 2.45) is 0 Å². The lowest BCUT2D eigenvalue weighted by atomic mass is 9.78. The first-order chi connectivity index (χ1) is 4.92. The molecule has 0 aliphatic heterocycles. The summed E-state index contributed by atoms with van der Waals surface area (Å²) in [4.78, 5) is 0. The number of hydrogen-bond donors (Lipinski definition) is 1. The van der Waals surface area contributed by atoms with E-state index in [0.717, 1.165) is 6.42 Å². The molecule has 1 atom stereocenters. The third-order valence-corrected chi connectivity index (χ3v) is 2.18. The smallest absolute Gasteiger partial charge is 0.0503 e. The monoisotopic (exact) mass is 134 g/mol. The van der Waals surface area contributed by atoms with E-state index in [4.69, 9.17) is 5.11 Å². The highest BCUT2D eigenvalue weighted by Crippen LogP contribution is 2.33. The van der Waals surface area contributed by atoms with E-state index in [9.17, 15) is 0 Å².